The quantitative estimate of drug-likeness (QED) is 0.519. The van der Waals surface area contributed by atoms with Crippen LogP contribution in [-0.4, -0.2) is 17.6 Å². The number of phenols is 1. The number of phenolic OH excluding ortho intramolecular Hbond substituents is 1. The fourth-order valence-electron chi connectivity index (χ4n) is 1.41. The Morgan fingerprint density at radius 2 is 2.00 bits per heavy atom. The topological polar surface area (TPSA) is 61.4 Å². The first-order valence-corrected chi connectivity index (χ1v) is 6.26. The van der Waals surface area contributed by atoms with Crippen LogP contribution in [-0.2, 0) is 11.3 Å². The normalized spacial score (nSPS) is 11.0. The van der Waals surface area contributed by atoms with Crippen molar-refractivity contribution in [2.45, 2.75) is 19.9 Å². The maximum atomic E-state index is 11.5. The van der Waals surface area contributed by atoms with Crippen molar-refractivity contribution in [3.05, 3.63) is 54.3 Å². The highest BCUT2D eigenvalue weighted by molar-refractivity contribution is 5.77. The first-order chi connectivity index (χ1) is 9.22. The number of benzene rings is 1. The number of hydrogen-bond acceptors (Lipinski definition) is 3. The van der Waals surface area contributed by atoms with Crippen molar-refractivity contribution in [2.24, 2.45) is 0 Å². The van der Waals surface area contributed by atoms with Gasteiger partial charge in [0.1, 0.15) is 5.75 Å². The molecule has 1 aromatic carbocycles. The van der Waals surface area contributed by atoms with Crippen molar-refractivity contribution in [3.63, 3.8) is 0 Å². The zero-order valence-electron chi connectivity index (χ0n) is 11.1. The van der Waals surface area contributed by atoms with Crippen molar-refractivity contribution in [1.29, 1.82) is 0 Å². The lowest BCUT2D eigenvalue weighted by molar-refractivity contribution is -0.120. The largest absolute Gasteiger partial charge is 0.508 e. The Balaban J connectivity index is 2.19. The van der Waals surface area contributed by atoms with Gasteiger partial charge >= 0.3 is 0 Å². The summed E-state index contributed by atoms with van der Waals surface area (Å²) >= 11 is 0. The Hall–Kier alpha value is -2.23. The molecule has 0 spiro atoms. The highest BCUT2D eigenvalue weighted by atomic mass is 16.3. The van der Waals surface area contributed by atoms with E-state index in [4.69, 9.17) is 5.11 Å². The fourth-order valence-corrected chi connectivity index (χ4v) is 1.41. The highest BCUT2D eigenvalue weighted by Crippen LogP contribution is 2.09. The van der Waals surface area contributed by atoms with Gasteiger partial charge in [-0.1, -0.05) is 30.4 Å². The van der Waals surface area contributed by atoms with E-state index in [1.165, 1.54) is 0 Å². The number of amides is 1. The number of hydrogen-bond donors (Lipinski definition) is 3. The Kier molecular flexibility index (Phi) is 6.87. The van der Waals surface area contributed by atoms with Gasteiger partial charge in [-0.25, -0.2) is 0 Å². The van der Waals surface area contributed by atoms with E-state index < -0.39 is 0 Å². The molecule has 0 unspecified atom stereocenters. The van der Waals surface area contributed by atoms with Crippen molar-refractivity contribution in [3.8, 4) is 5.75 Å². The van der Waals surface area contributed by atoms with Crippen molar-refractivity contribution >= 4 is 5.91 Å². The summed E-state index contributed by atoms with van der Waals surface area (Å²) in [5.74, 6) is 0.210. The number of carbonyl (C=O) groups is 1. The summed E-state index contributed by atoms with van der Waals surface area (Å²) in [7, 11) is 0. The molecule has 0 aliphatic rings. The van der Waals surface area contributed by atoms with Gasteiger partial charge in [0.05, 0.1) is 0 Å². The van der Waals surface area contributed by atoms with E-state index in [0.717, 1.165) is 12.1 Å². The van der Waals surface area contributed by atoms with Crippen LogP contribution in [0.5, 0.6) is 5.75 Å². The van der Waals surface area contributed by atoms with E-state index in [-0.39, 0.29) is 11.7 Å². The first kappa shape index (κ1) is 14.8. The molecule has 0 fully saturated rings. The maximum Gasteiger partial charge on any atom is 0.224 e. The molecule has 3 N–H and O–H groups in total. The van der Waals surface area contributed by atoms with Gasteiger partial charge in [-0.15, -0.1) is 0 Å². The van der Waals surface area contributed by atoms with Gasteiger partial charge in [0.15, 0.2) is 0 Å². The molecule has 0 bridgehead atoms. The Morgan fingerprint density at radius 1 is 1.26 bits per heavy atom. The Labute approximate surface area is 113 Å². The molecular weight excluding hydrogens is 240 g/mol. The predicted octanol–water partition coefficient (Wildman–Crippen LogP) is 2.08. The van der Waals surface area contributed by atoms with E-state index in [1.807, 2.05) is 31.4 Å². The summed E-state index contributed by atoms with van der Waals surface area (Å²) in [6.45, 7) is 3.13. The number of nitrogens with one attached hydrogen (secondary N) is 2. The van der Waals surface area contributed by atoms with Crippen molar-refractivity contribution in [1.82, 2.24) is 10.6 Å². The molecule has 4 heteroatoms. The molecule has 4 nitrogen and oxygen atoms in total. The lowest BCUT2D eigenvalue weighted by Crippen LogP contribution is -2.21. The standard InChI is InChI=1S/C15H20N2O2/c1-2-10-16-11-4-3-5-15(19)17-12-13-6-8-14(18)9-7-13/h2-4,6-10,16,18H,5,11-12H2,1H3,(H,17,19)/b4-3+,10-2-. The second kappa shape index (κ2) is 8.80. The zero-order valence-corrected chi connectivity index (χ0v) is 11.1. The average Bonchev–Trinajstić information content (AvgIpc) is 2.42. The van der Waals surface area contributed by atoms with E-state index in [1.54, 1.807) is 24.3 Å². The van der Waals surface area contributed by atoms with Crippen molar-refractivity contribution < 1.29 is 9.90 Å². The second-order valence-electron chi connectivity index (χ2n) is 4.03. The molecule has 0 radical (unpaired) electrons. The summed E-state index contributed by atoms with van der Waals surface area (Å²) in [4.78, 5) is 11.5. The number of aromatic hydroxyl groups is 1. The minimum Gasteiger partial charge on any atom is -0.508 e. The SMILES string of the molecule is C/C=C\NC/C=C/CC(=O)NCc1ccc(O)cc1. The number of carbonyl (C=O) groups excluding carboxylic acids is 1. The minimum absolute atomic E-state index is 0.0182. The molecular formula is C15H20N2O2. The smallest absolute Gasteiger partial charge is 0.224 e. The number of allylic oxidation sites excluding steroid dienone is 1. The predicted molar refractivity (Wildman–Crippen MR) is 76.5 cm³/mol. The summed E-state index contributed by atoms with van der Waals surface area (Å²) in [5, 5.41) is 15.0. The summed E-state index contributed by atoms with van der Waals surface area (Å²) in [6.07, 6.45) is 7.89. The first-order valence-electron chi connectivity index (χ1n) is 6.26. The lowest BCUT2D eigenvalue weighted by atomic mass is 10.2. The minimum atomic E-state index is -0.0182. The molecule has 0 atom stereocenters. The van der Waals surface area contributed by atoms with Crippen LogP contribution >= 0.6 is 0 Å². The molecule has 0 aliphatic carbocycles. The summed E-state index contributed by atoms with van der Waals surface area (Å²) in [6, 6.07) is 6.78. The van der Waals surface area contributed by atoms with E-state index in [0.29, 0.717) is 13.0 Å². The molecule has 1 rings (SSSR count). The van der Waals surface area contributed by atoms with Crippen LogP contribution in [0.3, 0.4) is 0 Å². The summed E-state index contributed by atoms with van der Waals surface area (Å²) in [5.41, 5.74) is 0.963. The van der Waals surface area contributed by atoms with E-state index in [2.05, 4.69) is 10.6 Å². The summed E-state index contributed by atoms with van der Waals surface area (Å²) < 4.78 is 0. The van der Waals surface area contributed by atoms with Gasteiger partial charge in [0.25, 0.3) is 0 Å². The number of rotatable bonds is 7. The van der Waals surface area contributed by atoms with Gasteiger partial charge in [-0.3, -0.25) is 4.79 Å². The molecule has 0 saturated carbocycles. The third-order valence-corrected chi connectivity index (χ3v) is 2.42. The van der Waals surface area contributed by atoms with Crippen LogP contribution in [0.25, 0.3) is 0 Å². The van der Waals surface area contributed by atoms with Gasteiger partial charge in [-0.2, -0.15) is 0 Å². The third kappa shape index (κ3) is 6.93. The molecule has 0 aliphatic heterocycles. The van der Waals surface area contributed by atoms with Crippen LogP contribution in [0.15, 0.2) is 48.7 Å². The molecule has 0 heterocycles. The van der Waals surface area contributed by atoms with Gasteiger partial charge < -0.3 is 15.7 Å². The monoisotopic (exact) mass is 260 g/mol. The fraction of sp³-hybridized carbons (Fsp3) is 0.267. The van der Waals surface area contributed by atoms with Crippen molar-refractivity contribution in [2.75, 3.05) is 6.54 Å². The molecule has 102 valence electrons. The molecule has 0 aromatic heterocycles. The van der Waals surface area contributed by atoms with Crippen LogP contribution in [0, 0.1) is 0 Å². The van der Waals surface area contributed by atoms with E-state index in [9.17, 15) is 4.79 Å². The lowest BCUT2D eigenvalue weighted by Gasteiger charge is -2.03. The van der Waals surface area contributed by atoms with E-state index >= 15 is 0 Å². The average molecular weight is 260 g/mol. The molecule has 19 heavy (non-hydrogen) atoms. The molecule has 0 saturated heterocycles. The Bertz CT molecular complexity index is 436. The highest BCUT2D eigenvalue weighted by Gasteiger charge is 1.98. The van der Waals surface area contributed by atoms with Crippen LogP contribution in [0.1, 0.15) is 18.9 Å². The van der Waals surface area contributed by atoms with Crippen LogP contribution < -0.4 is 10.6 Å². The molecule has 1 amide bonds. The van der Waals surface area contributed by atoms with Gasteiger partial charge in [0.2, 0.25) is 5.91 Å². The molecule has 1 aromatic rings. The second-order valence-corrected chi connectivity index (χ2v) is 4.03. The van der Waals surface area contributed by atoms with Gasteiger partial charge in [-0.05, 0) is 30.8 Å². The van der Waals surface area contributed by atoms with Crippen LogP contribution in [0.4, 0.5) is 0 Å². The van der Waals surface area contributed by atoms with Crippen LogP contribution in [0.2, 0.25) is 0 Å². The Morgan fingerprint density at radius 3 is 2.68 bits per heavy atom. The third-order valence-electron chi connectivity index (χ3n) is 2.42. The maximum absolute atomic E-state index is 11.5. The van der Waals surface area contributed by atoms with Gasteiger partial charge in [0, 0.05) is 19.5 Å². The zero-order chi connectivity index (χ0) is 13.9.